The summed E-state index contributed by atoms with van der Waals surface area (Å²) in [6.07, 6.45) is 1.03. The van der Waals surface area contributed by atoms with Crippen LogP contribution in [0, 0.1) is 0 Å². The Balaban J connectivity index is 1.44. The minimum atomic E-state index is -0.0327. The van der Waals surface area contributed by atoms with Crippen molar-refractivity contribution in [1.82, 2.24) is 10.3 Å². The molecule has 0 fully saturated rings. The van der Waals surface area contributed by atoms with Crippen LogP contribution < -0.4 is 14.8 Å². The van der Waals surface area contributed by atoms with E-state index in [0.29, 0.717) is 19.8 Å². The van der Waals surface area contributed by atoms with Crippen LogP contribution in [0.1, 0.15) is 19.0 Å². The van der Waals surface area contributed by atoms with Crippen molar-refractivity contribution in [2.75, 3.05) is 19.8 Å². The predicted octanol–water partition coefficient (Wildman–Crippen LogP) is 4.34. The van der Waals surface area contributed by atoms with Gasteiger partial charge < -0.3 is 14.8 Å². The van der Waals surface area contributed by atoms with Crippen molar-refractivity contribution in [3.05, 3.63) is 65.7 Å². The second-order valence-corrected chi connectivity index (χ2v) is 6.97. The molecule has 1 amide bonds. The number of rotatable bonds is 10. The van der Waals surface area contributed by atoms with E-state index in [4.69, 9.17) is 9.47 Å². The second kappa shape index (κ2) is 10.5. The standard InChI is InChI=1S/C22H24N2O3S/c1-2-26-20-12-7-6-11-19(20)22-24-17(16-28-22)15-21(25)23-13-8-14-27-18-9-4-3-5-10-18/h3-7,9-12,16H,2,8,13-15H2,1H3,(H,23,25). The van der Waals surface area contributed by atoms with E-state index < -0.39 is 0 Å². The van der Waals surface area contributed by atoms with E-state index in [-0.39, 0.29) is 12.3 Å². The average Bonchev–Trinajstić information content (AvgIpc) is 3.17. The molecule has 0 aliphatic heterocycles. The first-order valence-corrected chi connectivity index (χ1v) is 10.3. The lowest BCUT2D eigenvalue weighted by atomic mass is 10.2. The summed E-state index contributed by atoms with van der Waals surface area (Å²) in [6, 6.07) is 17.5. The van der Waals surface area contributed by atoms with Gasteiger partial charge in [0.15, 0.2) is 0 Å². The predicted molar refractivity (Wildman–Crippen MR) is 112 cm³/mol. The lowest BCUT2D eigenvalue weighted by Crippen LogP contribution is -2.27. The Morgan fingerprint density at radius 3 is 2.68 bits per heavy atom. The summed E-state index contributed by atoms with van der Waals surface area (Å²) >= 11 is 1.52. The number of nitrogens with one attached hydrogen (secondary N) is 1. The van der Waals surface area contributed by atoms with Gasteiger partial charge >= 0.3 is 0 Å². The van der Waals surface area contributed by atoms with Crippen molar-refractivity contribution >= 4 is 17.2 Å². The fourth-order valence-electron chi connectivity index (χ4n) is 2.67. The molecule has 0 spiro atoms. The van der Waals surface area contributed by atoms with E-state index in [1.165, 1.54) is 11.3 Å². The molecule has 0 aliphatic carbocycles. The Morgan fingerprint density at radius 2 is 1.86 bits per heavy atom. The number of para-hydroxylation sites is 2. The quantitative estimate of drug-likeness (QED) is 0.518. The zero-order valence-electron chi connectivity index (χ0n) is 15.9. The van der Waals surface area contributed by atoms with Crippen molar-refractivity contribution in [1.29, 1.82) is 0 Å². The third-order valence-electron chi connectivity index (χ3n) is 3.97. The van der Waals surface area contributed by atoms with Gasteiger partial charge in [-0.3, -0.25) is 4.79 Å². The lowest BCUT2D eigenvalue weighted by molar-refractivity contribution is -0.120. The number of carbonyl (C=O) groups is 1. The van der Waals surface area contributed by atoms with Gasteiger partial charge in [0.25, 0.3) is 0 Å². The van der Waals surface area contributed by atoms with Gasteiger partial charge in [-0.25, -0.2) is 4.98 Å². The van der Waals surface area contributed by atoms with Crippen molar-refractivity contribution in [2.45, 2.75) is 19.8 Å². The van der Waals surface area contributed by atoms with Crippen molar-refractivity contribution in [3.63, 3.8) is 0 Å². The SMILES string of the molecule is CCOc1ccccc1-c1nc(CC(=O)NCCCOc2ccccc2)cs1. The van der Waals surface area contributed by atoms with Crippen LogP contribution in [0.15, 0.2) is 60.0 Å². The summed E-state index contributed by atoms with van der Waals surface area (Å²) < 4.78 is 11.3. The Labute approximate surface area is 169 Å². The molecular formula is C22H24N2O3S. The molecule has 1 aromatic heterocycles. The molecule has 0 aliphatic rings. The number of hydrogen-bond donors (Lipinski definition) is 1. The summed E-state index contributed by atoms with van der Waals surface area (Å²) in [5, 5.41) is 5.71. The second-order valence-electron chi connectivity index (χ2n) is 6.11. The molecule has 2 aromatic carbocycles. The molecule has 0 bridgehead atoms. The average molecular weight is 397 g/mol. The first-order chi connectivity index (χ1) is 13.8. The van der Waals surface area contributed by atoms with Gasteiger partial charge in [0.1, 0.15) is 16.5 Å². The highest BCUT2D eigenvalue weighted by molar-refractivity contribution is 7.13. The number of amides is 1. The Hall–Kier alpha value is -2.86. The summed E-state index contributed by atoms with van der Waals surface area (Å²) in [5.41, 5.74) is 1.73. The van der Waals surface area contributed by atoms with E-state index in [1.54, 1.807) is 0 Å². The zero-order chi connectivity index (χ0) is 19.6. The highest BCUT2D eigenvalue weighted by atomic mass is 32.1. The topological polar surface area (TPSA) is 60.5 Å². The molecule has 146 valence electrons. The van der Waals surface area contributed by atoms with Crippen LogP contribution in [-0.4, -0.2) is 30.6 Å². The van der Waals surface area contributed by atoms with E-state index in [9.17, 15) is 4.79 Å². The van der Waals surface area contributed by atoms with E-state index in [2.05, 4.69) is 10.3 Å². The number of nitrogens with zero attached hydrogens (tertiary/aromatic N) is 1. The first kappa shape index (κ1) is 19.9. The number of benzene rings is 2. The third-order valence-corrected chi connectivity index (χ3v) is 4.89. The van der Waals surface area contributed by atoms with Crippen LogP contribution in [0.4, 0.5) is 0 Å². The molecular weight excluding hydrogens is 372 g/mol. The third kappa shape index (κ3) is 5.82. The van der Waals surface area contributed by atoms with E-state index >= 15 is 0 Å². The Bertz CT molecular complexity index is 880. The molecule has 0 saturated heterocycles. The fourth-order valence-corrected chi connectivity index (χ4v) is 3.52. The largest absolute Gasteiger partial charge is 0.494 e. The fraction of sp³-hybridized carbons (Fsp3) is 0.273. The molecule has 1 heterocycles. The summed E-state index contributed by atoms with van der Waals surface area (Å²) in [6.45, 7) is 3.71. The molecule has 28 heavy (non-hydrogen) atoms. The number of hydrogen-bond acceptors (Lipinski definition) is 5. The Kier molecular flexibility index (Phi) is 7.44. The number of ether oxygens (including phenoxy) is 2. The molecule has 0 unspecified atom stereocenters. The molecule has 0 radical (unpaired) electrons. The van der Waals surface area contributed by atoms with Crippen LogP contribution in [0.25, 0.3) is 10.6 Å². The normalized spacial score (nSPS) is 10.5. The minimum Gasteiger partial charge on any atom is -0.494 e. The minimum absolute atomic E-state index is 0.0327. The smallest absolute Gasteiger partial charge is 0.226 e. The van der Waals surface area contributed by atoms with Crippen LogP contribution in [0.5, 0.6) is 11.5 Å². The maximum absolute atomic E-state index is 12.1. The summed E-state index contributed by atoms with van der Waals surface area (Å²) in [7, 11) is 0. The molecule has 5 nitrogen and oxygen atoms in total. The van der Waals surface area contributed by atoms with Crippen molar-refractivity contribution < 1.29 is 14.3 Å². The van der Waals surface area contributed by atoms with Gasteiger partial charge in [-0.05, 0) is 37.6 Å². The molecule has 6 heteroatoms. The van der Waals surface area contributed by atoms with Crippen LogP contribution in [0.2, 0.25) is 0 Å². The van der Waals surface area contributed by atoms with Crippen molar-refractivity contribution in [3.8, 4) is 22.1 Å². The highest BCUT2D eigenvalue weighted by Gasteiger charge is 2.12. The first-order valence-electron chi connectivity index (χ1n) is 9.37. The summed E-state index contributed by atoms with van der Waals surface area (Å²) in [4.78, 5) is 16.7. The van der Waals surface area contributed by atoms with Crippen LogP contribution >= 0.6 is 11.3 Å². The van der Waals surface area contributed by atoms with Gasteiger partial charge in [-0.1, -0.05) is 30.3 Å². The molecule has 1 N–H and O–H groups in total. The van der Waals surface area contributed by atoms with E-state index in [0.717, 1.165) is 34.2 Å². The van der Waals surface area contributed by atoms with Crippen molar-refractivity contribution in [2.24, 2.45) is 0 Å². The number of aromatic nitrogens is 1. The number of thiazole rings is 1. The monoisotopic (exact) mass is 396 g/mol. The zero-order valence-corrected chi connectivity index (χ0v) is 16.7. The van der Waals surface area contributed by atoms with Gasteiger partial charge in [0, 0.05) is 11.9 Å². The van der Waals surface area contributed by atoms with Gasteiger partial charge in [0.05, 0.1) is 30.9 Å². The highest BCUT2D eigenvalue weighted by Crippen LogP contribution is 2.32. The van der Waals surface area contributed by atoms with E-state index in [1.807, 2.05) is 66.9 Å². The summed E-state index contributed by atoms with van der Waals surface area (Å²) in [5.74, 6) is 1.62. The lowest BCUT2D eigenvalue weighted by Gasteiger charge is -2.07. The van der Waals surface area contributed by atoms with Crippen LogP contribution in [-0.2, 0) is 11.2 Å². The molecule has 0 saturated carbocycles. The van der Waals surface area contributed by atoms with Gasteiger partial charge in [-0.15, -0.1) is 11.3 Å². The Morgan fingerprint density at radius 1 is 1.07 bits per heavy atom. The van der Waals surface area contributed by atoms with Crippen LogP contribution in [0.3, 0.4) is 0 Å². The number of carbonyl (C=O) groups excluding carboxylic acids is 1. The molecule has 0 atom stereocenters. The molecule has 3 rings (SSSR count). The maximum atomic E-state index is 12.1. The molecule has 3 aromatic rings. The van der Waals surface area contributed by atoms with Gasteiger partial charge in [-0.2, -0.15) is 0 Å². The maximum Gasteiger partial charge on any atom is 0.226 e. The van der Waals surface area contributed by atoms with Gasteiger partial charge in [0.2, 0.25) is 5.91 Å².